The van der Waals surface area contributed by atoms with Crippen molar-refractivity contribution in [3.8, 4) is 17.1 Å². The SMILES string of the molecule is CNC(=O)c1ccc(NC(=O)CSc2nnc(-c3ccc(C)cc3)n2-c2ccc(C)cc2)cc1. The van der Waals surface area contributed by atoms with Crippen molar-refractivity contribution in [3.63, 3.8) is 0 Å². The molecule has 1 aromatic heterocycles. The average Bonchev–Trinajstić information content (AvgIpc) is 3.27. The largest absolute Gasteiger partial charge is 0.355 e. The molecule has 1 heterocycles. The van der Waals surface area contributed by atoms with Gasteiger partial charge in [0.2, 0.25) is 5.91 Å². The Balaban J connectivity index is 1.53. The first-order valence-corrected chi connectivity index (χ1v) is 11.8. The first-order valence-electron chi connectivity index (χ1n) is 10.8. The highest BCUT2D eigenvalue weighted by molar-refractivity contribution is 7.99. The van der Waals surface area contributed by atoms with Crippen LogP contribution < -0.4 is 10.6 Å². The van der Waals surface area contributed by atoms with Crippen LogP contribution in [0.15, 0.2) is 78.0 Å². The summed E-state index contributed by atoms with van der Waals surface area (Å²) in [5, 5.41) is 14.9. The van der Waals surface area contributed by atoms with Gasteiger partial charge >= 0.3 is 0 Å². The molecule has 4 rings (SSSR count). The van der Waals surface area contributed by atoms with Crippen molar-refractivity contribution in [2.45, 2.75) is 19.0 Å². The molecule has 2 N–H and O–H groups in total. The van der Waals surface area contributed by atoms with Gasteiger partial charge in [-0.15, -0.1) is 10.2 Å². The zero-order chi connectivity index (χ0) is 24.1. The molecule has 0 aliphatic rings. The van der Waals surface area contributed by atoms with E-state index in [2.05, 4.69) is 20.8 Å². The summed E-state index contributed by atoms with van der Waals surface area (Å²) in [6, 6.07) is 23.0. The Bertz CT molecular complexity index is 1300. The van der Waals surface area contributed by atoms with Crippen LogP contribution in [0.3, 0.4) is 0 Å². The van der Waals surface area contributed by atoms with Crippen molar-refractivity contribution in [2.24, 2.45) is 0 Å². The number of amides is 2. The smallest absolute Gasteiger partial charge is 0.251 e. The van der Waals surface area contributed by atoms with Gasteiger partial charge in [-0.25, -0.2) is 0 Å². The maximum atomic E-state index is 12.6. The van der Waals surface area contributed by atoms with E-state index in [0.717, 1.165) is 22.6 Å². The average molecular weight is 472 g/mol. The van der Waals surface area contributed by atoms with Crippen LogP contribution >= 0.6 is 11.8 Å². The van der Waals surface area contributed by atoms with Gasteiger partial charge in [0, 0.05) is 29.5 Å². The molecule has 0 aliphatic heterocycles. The molecule has 34 heavy (non-hydrogen) atoms. The fourth-order valence-corrected chi connectivity index (χ4v) is 4.11. The number of aryl methyl sites for hydroxylation is 2. The second kappa shape index (κ2) is 10.4. The van der Waals surface area contributed by atoms with E-state index in [1.807, 2.05) is 66.9 Å². The lowest BCUT2D eigenvalue weighted by Crippen LogP contribution is -2.18. The van der Waals surface area contributed by atoms with Gasteiger partial charge in [0.05, 0.1) is 5.75 Å². The number of carbonyl (C=O) groups excluding carboxylic acids is 2. The molecule has 3 aromatic carbocycles. The van der Waals surface area contributed by atoms with Crippen molar-refractivity contribution in [1.29, 1.82) is 0 Å². The van der Waals surface area contributed by atoms with E-state index in [0.29, 0.717) is 16.4 Å². The minimum Gasteiger partial charge on any atom is -0.355 e. The van der Waals surface area contributed by atoms with Gasteiger partial charge in [-0.3, -0.25) is 14.2 Å². The van der Waals surface area contributed by atoms with E-state index in [9.17, 15) is 9.59 Å². The van der Waals surface area contributed by atoms with Gasteiger partial charge in [0.25, 0.3) is 5.91 Å². The highest BCUT2D eigenvalue weighted by Crippen LogP contribution is 2.28. The Hall–Kier alpha value is -3.91. The summed E-state index contributed by atoms with van der Waals surface area (Å²) in [5.74, 6) is 0.535. The summed E-state index contributed by atoms with van der Waals surface area (Å²) < 4.78 is 1.97. The molecule has 0 aliphatic carbocycles. The van der Waals surface area contributed by atoms with Gasteiger partial charge in [0.15, 0.2) is 11.0 Å². The Morgan fingerprint density at radius 3 is 2.09 bits per heavy atom. The third-order valence-corrected chi connectivity index (χ3v) is 6.15. The number of hydrogen-bond acceptors (Lipinski definition) is 5. The molecule has 4 aromatic rings. The van der Waals surface area contributed by atoms with Crippen molar-refractivity contribution < 1.29 is 9.59 Å². The number of benzene rings is 3. The molecule has 7 nitrogen and oxygen atoms in total. The summed E-state index contributed by atoms with van der Waals surface area (Å²) in [5.41, 5.74) is 5.36. The lowest BCUT2D eigenvalue weighted by molar-refractivity contribution is -0.113. The summed E-state index contributed by atoms with van der Waals surface area (Å²) in [4.78, 5) is 24.3. The molecule has 8 heteroatoms. The zero-order valence-electron chi connectivity index (χ0n) is 19.2. The number of hydrogen-bond donors (Lipinski definition) is 2. The third-order valence-electron chi connectivity index (χ3n) is 5.23. The number of nitrogens with zero attached hydrogens (tertiary/aromatic N) is 3. The second-order valence-electron chi connectivity index (χ2n) is 7.84. The predicted octanol–water partition coefficient (Wildman–Crippen LogP) is 4.64. The molecular weight excluding hydrogens is 446 g/mol. The van der Waals surface area contributed by atoms with Crippen molar-refractivity contribution in [2.75, 3.05) is 18.1 Å². The summed E-state index contributed by atoms with van der Waals surface area (Å²) in [7, 11) is 1.58. The van der Waals surface area contributed by atoms with Gasteiger partial charge < -0.3 is 10.6 Å². The number of rotatable bonds is 7. The fraction of sp³-hybridized carbons (Fsp3) is 0.154. The van der Waals surface area contributed by atoms with Crippen LogP contribution in [0.5, 0.6) is 0 Å². The molecule has 0 unspecified atom stereocenters. The molecule has 0 atom stereocenters. The topological polar surface area (TPSA) is 88.9 Å². The first-order chi connectivity index (χ1) is 16.4. The molecule has 0 spiro atoms. The summed E-state index contributed by atoms with van der Waals surface area (Å²) >= 11 is 1.32. The van der Waals surface area contributed by atoms with Crippen LogP contribution in [0.4, 0.5) is 5.69 Å². The van der Waals surface area contributed by atoms with E-state index >= 15 is 0 Å². The maximum absolute atomic E-state index is 12.6. The normalized spacial score (nSPS) is 10.7. The number of carbonyl (C=O) groups is 2. The van der Waals surface area contributed by atoms with E-state index in [4.69, 9.17) is 0 Å². The quantitative estimate of drug-likeness (QED) is 0.383. The number of anilines is 1. The standard InChI is InChI=1S/C26H25N5O2S/c1-17-4-8-19(9-5-17)24-29-30-26(31(24)22-14-6-18(2)7-15-22)34-16-23(32)28-21-12-10-20(11-13-21)25(33)27-3/h4-15H,16H2,1-3H3,(H,27,33)(H,28,32). The van der Waals surface area contributed by atoms with Gasteiger partial charge in [-0.2, -0.15) is 0 Å². The van der Waals surface area contributed by atoms with Crippen LogP contribution in [0.2, 0.25) is 0 Å². The summed E-state index contributed by atoms with van der Waals surface area (Å²) in [6.45, 7) is 4.08. The van der Waals surface area contributed by atoms with Crippen molar-refractivity contribution in [1.82, 2.24) is 20.1 Å². The van der Waals surface area contributed by atoms with E-state index in [1.165, 1.54) is 17.3 Å². The van der Waals surface area contributed by atoms with Crippen molar-refractivity contribution in [3.05, 3.63) is 89.5 Å². The van der Waals surface area contributed by atoms with Gasteiger partial charge in [-0.1, -0.05) is 59.3 Å². The Labute approximate surface area is 202 Å². The Kier molecular flexibility index (Phi) is 7.08. The molecule has 0 bridgehead atoms. The van der Waals surface area contributed by atoms with Gasteiger partial charge in [-0.05, 0) is 50.2 Å². The Morgan fingerprint density at radius 1 is 0.853 bits per heavy atom. The number of aromatic nitrogens is 3. The lowest BCUT2D eigenvalue weighted by Gasteiger charge is -2.11. The minimum atomic E-state index is -0.173. The minimum absolute atomic E-state index is 0.162. The zero-order valence-corrected chi connectivity index (χ0v) is 20.0. The van der Waals surface area contributed by atoms with Crippen LogP contribution in [0.25, 0.3) is 17.1 Å². The highest BCUT2D eigenvalue weighted by Gasteiger charge is 2.17. The maximum Gasteiger partial charge on any atom is 0.251 e. The van der Waals surface area contributed by atoms with Crippen LogP contribution in [-0.2, 0) is 4.79 Å². The number of nitrogens with one attached hydrogen (secondary N) is 2. The first kappa shape index (κ1) is 23.3. The Morgan fingerprint density at radius 2 is 1.47 bits per heavy atom. The number of thioether (sulfide) groups is 1. The molecule has 0 saturated carbocycles. The van der Waals surface area contributed by atoms with E-state index < -0.39 is 0 Å². The molecule has 0 saturated heterocycles. The fourth-order valence-electron chi connectivity index (χ4n) is 3.36. The summed E-state index contributed by atoms with van der Waals surface area (Å²) in [6.07, 6.45) is 0. The lowest BCUT2D eigenvalue weighted by atomic mass is 10.1. The second-order valence-corrected chi connectivity index (χ2v) is 8.78. The van der Waals surface area contributed by atoms with Gasteiger partial charge in [0.1, 0.15) is 0 Å². The molecule has 172 valence electrons. The molecule has 2 amide bonds. The molecular formula is C26H25N5O2S. The molecule has 0 fully saturated rings. The monoisotopic (exact) mass is 471 g/mol. The van der Waals surface area contributed by atoms with E-state index in [-0.39, 0.29) is 17.6 Å². The predicted molar refractivity (Wildman–Crippen MR) is 135 cm³/mol. The van der Waals surface area contributed by atoms with E-state index in [1.54, 1.807) is 31.3 Å². The van der Waals surface area contributed by atoms with Crippen LogP contribution in [0.1, 0.15) is 21.5 Å². The highest BCUT2D eigenvalue weighted by atomic mass is 32.2. The van der Waals surface area contributed by atoms with Crippen LogP contribution in [0, 0.1) is 13.8 Å². The van der Waals surface area contributed by atoms with Crippen molar-refractivity contribution >= 4 is 29.3 Å². The molecule has 0 radical (unpaired) electrons. The third kappa shape index (κ3) is 5.35. The van der Waals surface area contributed by atoms with Crippen LogP contribution in [-0.4, -0.2) is 39.4 Å².